The second kappa shape index (κ2) is 11.7. The highest BCUT2D eigenvalue weighted by Gasteiger charge is 2.18. The Hall–Kier alpha value is -3.19. The molecule has 1 atom stereocenters. The Morgan fingerprint density at radius 2 is 1.60 bits per heavy atom. The Morgan fingerprint density at radius 1 is 0.900 bits per heavy atom. The van der Waals surface area contributed by atoms with Gasteiger partial charge in [0.25, 0.3) is 17.7 Å². The lowest BCUT2D eigenvalue weighted by Gasteiger charge is -2.18. The highest BCUT2D eigenvalue weighted by atomic mass is 16.2. The molecule has 0 radical (unpaired) electrons. The zero-order chi connectivity index (χ0) is 21.9. The average molecular weight is 412 g/mol. The van der Waals surface area contributed by atoms with Gasteiger partial charge in [0.1, 0.15) is 0 Å². The van der Waals surface area contributed by atoms with Gasteiger partial charge in [0.2, 0.25) is 0 Å². The molecule has 0 fully saturated rings. The van der Waals surface area contributed by atoms with Crippen LogP contribution in [-0.4, -0.2) is 43.9 Å². The van der Waals surface area contributed by atoms with E-state index in [-0.39, 0.29) is 30.8 Å². The SMILES string of the molecule is CCC[NH+](CC(=O)Nc1cccc(C(=O)NCC)c1)CC(=O)Nc1ccccc1C. The zero-order valence-electron chi connectivity index (χ0n) is 17.9. The van der Waals surface area contributed by atoms with Crippen molar-refractivity contribution in [1.82, 2.24) is 5.32 Å². The third-order valence-electron chi connectivity index (χ3n) is 4.59. The summed E-state index contributed by atoms with van der Waals surface area (Å²) < 4.78 is 0. The van der Waals surface area contributed by atoms with E-state index in [1.807, 2.05) is 45.0 Å². The molecule has 0 heterocycles. The van der Waals surface area contributed by atoms with E-state index in [1.54, 1.807) is 24.3 Å². The molecule has 0 aliphatic rings. The van der Waals surface area contributed by atoms with Gasteiger partial charge in [0.15, 0.2) is 13.1 Å². The molecule has 2 rings (SSSR count). The highest BCUT2D eigenvalue weighted by molar-refractivity contribution is 5.97. The Morgan fingerprint density at radius 3 is 2.27 bits per heavy atom. The van der Waals surface area contributed by atoms with Crippen LogP contribution in [0.3, 0.4) is 0 Å². The maximum absolute atomic E-state index is 12.5. The Labute approximate surface area is 177 Å². The number of benzene rings is 2. The summed E-state index contributed by atoms with van der Waals surface area (Å²) in [5, 5.41) is 8.48. The number of anilines is 2. The molecule has 0 bridgehead atoms. The van der Waals surface area contributed by atoms with E-state index in [0.29, 0.717) is 24.3 Å². The summed E-state index contributed by atoms with van der Waals surface area (Å²) in [6, 6.07) is 14.4. The number of quaternary nitrogens is 1. The van der Waals surface area contributed by atoms with E-state index in [1.165, 1.54) is 0 Å². The molecule has 0 aromatic heterocycles. The molecular formula is C23H31N4O3+. The molecule has 0 aliphatic heterocycles. The van der Waals surface area contributed by atoms with Gasteiger partial charge in [0, 0.05) is 23.5 Å². The van der Waals surface area contributed by atoms with Crippen LogP contribution in [0.4, 0.5) is 11.4 Å². The van der Waals surface area contributed by atoms with Crippen LogP contribution in [0.5, 0.6) is 0 Å². The summed E-state index contributed by atoms with van der Waals surface area (Å²) in [5.41, 5.74) is 2.83. The lowest BCUT2D eigenvalue weighted by atomic mass is 10.2. The van der Waals surface area contributed by atoms with Gasteiger partial charge in [-0.25, -0.2) is 0 Å². The van der Waals surface area contributed by atoms with Gasteiger partial charge in [0.05, 0.1) is 6.54 Å². The van der Waals surface area contributed by atoms with Crippen LogP contribution >= 0.6 is 0 Å². The first-order chi connectivity index (χ1) is 14.4. The molecule has 2 aromatic rings. The zero-order valence-corrected chi connectivity index (χ0v) is 17.9. The second-order valence-electron chi connectivity index (χ2n) is 7.21. The number of carbonyl (C=O) groups is 3. The minimum Gasteiger partial charge on any atom is -0.352 e. The van der Waals surface area contributed by atoms with Gasteiger partial charge in [-0.05, 0) is 50.1 Å². The molecule has 7 nitrogen and oxygen atoms in total. The van der Waals surface area contributed by atoms with Crippen molar-refractivity contribution in [3.8, 4) is 0 Å². The van der Waals surface area contributed by atoms with Crippen molar-refractivity contribution in [1.29, 1.82) is 0 Å². The first-order valence-electron chi connectivity index (χ1n) is 10.3. The quantitative estimate of drug-likeness (QED) is 0.479. The Balaban J connectivity index is 1.95. The molecule has 0 saturated heterocycles. The van der Waals surface area contributed by atoms with E-state index in [0.717, 1.165) is 22.6 Å². The molecule has 1 unspecified atom stereocenters. The van der Waals surface area contributed by atoms with Gasteiger partial charge in [-0.3, -0.25) is 14.4 Å². The largest absolute Gasteiger partial charge is 0.352 e. The fourth-order valence-corrected chi connectivity index (χ4v) is 3.16. The second-order valence-corrected chi connectivity index (χ2v) is 7.21. The number of amides is 3. The van der Waals surface area contributed by atoms with Gasteiger partial charge in [-0.2, -0.15) is 0 Å². The van der Waals surface area contributed by atoms with E-state index >= 15 is 0 Å². The number of nitrogens with one attached hydrogen (secondary N) is 4. The standard InChI is InChI=1S/C23H30N4O3/c1-4-13-27(16-22(29)26-20-12-7-6-9-17(20)3)15-21(28)25-19-11-8-10-18(14-19)23(30)24-5-2/h6-12,14H,4-5,13,15-16H2,1-3H3,(H,24,30)(H,25,28)(H,26,29)/p+1. The molecular weight excluding hydrogens is 380 g/mol. The van der Waals surface area contributed by atoms with Crippen molar-refractivity contribution >= 4 is 29.1 Å². The van der Waals surface area contributed by atoms with E-state index < -0.39 is 0 Å². The fourth-order valence-electron chi connectivity index (χ4n) is 3.16. The Bertz CT molecular complexity index is 882. The number of hydrogen-bond donors (Lipinski definition) is 4. The summed E-state index contributed by atoms with van der Waals surface area (Å²) >= 11 is 0. The van der Waals surface area contributed by atoms with Crippen LogP contribution in [0.2, 0.25) is 0 Å². The van der Waals surface area contributed by atoms with Gasteiger partial charge in [-0.15, -0.1) is 0 Å². The monoisotopic (exact) mass is 411 g/mol. The van der Waals surface area contributed by atoms with E-state index in [4.69, 9.17) is 0 Å². The minimum atomic E-state index is -0.199. The molecule has 0 saturated carbocycles. The fraction of sp³-hybridized carbons (Fsp3) is 0.348. The maximum Gasteiger partial charge on any atom is 0.279 e. The molecule has 3 amide bonds. The summed E-state index contributed by atoms with van der Waals surface area (Å²) in [5.74, 6) is -0.506. The maximum atomic E-state index is 12.5. The Kier molecular flexibility index (Phi) is 9.03. The molecule has 0 spiro atoms. The molecule has 30 heavy (non-hydrogen) atoms. The van der Waals surface area contributed by atoms with Crippen molar-refractivity contribution in [2.75, 3.05) is 36.8 Å². The topological polar surface area (TPSA) is 91.7 Å². The molecule has 7 heteroatoms. The van der Waals surface area contributed by atoms with Crippen molar-refractivity contribution in [2.24, 2.45) is 0 Å². The molecule has 160 valence electrons. The van der Waals surface area contributed by atoms with Crippen molar-refractivity contribution in [3.05, 3.63) is 59.7 Å². The summed E-state index contributed by atoms with van der Waals surface area (Å²) in [4.78, 5) is 37.8. The number of carbonyl (C=O) groups excluding carboxylic acids is 3. The van der Waals surface area contributed by atoms with E-state index in [2.05, 4.69) is 16.0 Å². The smallest absolute Gasteiger partial charge is 0.279 e. The highest BCUT2D eigenvalue weighted by Crippen LogP contribution is 2.12. The first-order valence-corrected chi connectivity index (χ1v) is 10.3. The van der Waals surface area contributed by atoms with Crippen LogP contribution in [0, 0.1) is 6.92 Å². The predicted molar refractivity (Wildman–Crippen MR) is 119 cm³/mol. The lowest BCUT2D eigenvalue weighted by Crippen LogP contribution is -3.14. The third kappa shape index (κ3) is 7.33. The first kappa shape index (κ1) is 23.1. The van der Waals surface area contributed by atoms with Crippen LogP contribution in [0.1, 0.15) is 36.2 Å². The number of rotatable bonds is 10. The molecule has 2 aromatic carbocycles. The molecule has 4 N–H and O–H groups in total. The van der Waals surface area contributed by atoms with Crippen molar-refractivity contribution in [3.63, 3.8) is 0 Å². The predicted octanol–water partition coefficient (Wildman–Crippen LogP) is 1.62. The van der Waals surface area contributed by atoms with E-state index in [9.17, 15) is 14.4 Å². The van der Waals surface area contributed by atoms with Gasteiger partial charge in [-0.1, -0.05) is 31.2 Å². The normalized spacial score (nSPS) is 11.4. The van der Waals surface area contributed by atoms with Crippen LogP contribution < -0.4 is 20.9 Å². The third-order valence-corrected chi connectivity index (χ3v) is 4.59. The van der Waals surface area contributed by atoms with Crippen LogP contribution in [-0.2, 0) is 9.59 Å². The van der Waals surface area contributed by atoms with Crippen LogP contribution in [0.15, 0.2) is 48.5 Å². The average Bonchev–Trinajstić information content (AvgIpc) is 2.70. The number of para-hydroxylation sites is 1. The summed E-state index contributed by atoms with van der Waals surface area (Å²) in [6.45, 7) is 7.42. The summed E-state index contributed by atoms with van der Waals surface area (Å²) in [7, 11) is 0. The van der Waals surface area contributed by atoms with Crippen LogP contribution in [0.25, 0.3) is 0 Å². The minimum absolute atomic E-state index is 0.126. The van der Waals surface area contributed by atoms with Gasteiger partial charge >= 0.3 is 0 Å². The number of aryl methyl sites for hydroxylation is 1. The van der Waals surface area contributed by atoms with Gasteiger partial charge < -0.3 is 20.9 Å². The van der Waals surface area contributed by atoms with Crippen molar-refractivity contribution < 1.29 is 19.3 Å². The number of hydrogen-bond acceptors (Lipinski definition) is 3. The lowest BCUT2D eigenvalue weighted by molar-refractivity contribution is -0.883. The molecule has 0 aliphatic carbocycles. The summed E-state index contributed by atoms with van der Waals surface area (Å²) in [6.07, 6.45) is 0.854. The van der Waals surface area contributed by atoms with Crippen molar-refractivity contribution in [2.45, 2.75) is 27.2 Å².